The first-order valence-corrected chi connectivity index (χ1v) is 10.7. The van der Waals surface area contributed by atoms with Gasteiger partial charge in [0, 0.05) is 29.2 Å². The van der Waals surface area contributed by atoms with Crippen molar-refractivity contribution in [2.75, 3.05) is 18.0 Å². The average Bonchev–Trinajstić information content (AvgIpc) is 3.01. The lowest BCUT2D eigenvalue weighted by atomic mass is 9.72. The van der Waals surface area contributed by atoms with Gasteiger partial charge in [-0.3, -0.25) is 0 Å². The molecule has 3 aromatic carbocycles. The molecule has 1 aliphatic heterocycles. The van der Waals surface area contributed by atoms with Gasteiger partial charge in [-0.1, -0.05) is 54.1 Å². The molecule has 2 unspecified atom stereocenters. The smallest absolute Gasteiger partial charge is 0.406 e. The van der Waals surface area contributed by atoms with Crippen LogP contribution in [0.2, 0.25) is 5.02 Å². The van der Waals surface area contributed by atoms with Crippen LogP contribution in [0.15, 0.2) is 72.8 Å². The minimum atomic E-state index is -4.75. The van der Waals surface area contributed by atoms with E-state index >= 15 is 0 Å². The lowest BCUT2D eigenvalue weighted by Gasteiger charge is -2.32. The van der Waals surface area contributed by atoms with Crippen LogP contribution in [0.3, 0.4) is 0 Å². The summed E-state index contributed by atoms with van der Waals surface area (Å²) >= 11 is 6.34. The second kappa shape index (κ2) is 8.68. The maximum atomic E-state index is 12.8. The number of ether oxygens (including phenoxy) is 1. The Morgan fingerprint density at radius 2 is 1.81 bits per heavy atom. The van der Waals surface area contributed by atoms with E-state index in [1.807, 2.05) is 42.5 Å². The Bertz CT molecular complexity index is 1100. The van der Waals surface area contributed by atoms with Crippen LogP contribution < -0.4 is 9.64 Å². The van der Waals surface area contributed by atoms with Crippen LogP contribution in [0.1, 0.15) is 23.6 Å². The molecule has 32 heavy (non-hydrogen) atoms. The number of benzene rings is 3. The molecule has 3 nitrogen and oxygen atoms in total. The molecule has 0 radical (unpaired) electrons. The lowest BCUT2D eigenvalue weighted by Crippen LogP contribution is -2.39. The van der Waals surface area contributed by atoms with Crippen molar-refractivity contribution in [2.24, 2.45) is 0 Å². The highest BCUT2D eigenvalue weighted by atomic mass is 35.5. The van der Waals surface area contributed by atoms with Gasteiger partial charge in [-0.05, 0) is 60.4 Å². The Labute approximate surface area is 190 Å². The van der Waals surface area contributed by atoms with Crippen LogP contribution in [0.4, 0.5) is 18.9 Å². The molecular formula is C25H23ClF3NO2. The molecule has 1 heterocycles. The van der Waals surface area contributed by atoms with Crippen LogP contribution >= 0.6 is 11.6 Å². The number of aliphatic hydroxyl groups is 1. The first kappa shape index (κ1) is 22.5. The molecule has 1 aliphatic rings. The summed E-state index contributed by atoms with van der Waals surface area (Å²) in [5, 5.41) is 10.7. The van der Waals surface area contributed by atoms with E-state index in [-0.39, 0.29) is 5.75 Å². The van der Waals surface area contributed by atoms with Crippen molar-refractivity contribution in [1.29, 1.82) is 0 Å². The molecule has 4 rings (SSSR count). The van der Waals surface area contributed by atoms with Crippen LogP contribution in [-0.4, -0.2) is 30.7 Å². The summed E-state index contributed by atoms with van der Waals surface area (Å²) in [6, 6.07) is 21.6. The van der Waals surface area contributed by atoms with Crippen molar-refractivity contribution < 1.29 is 23.0 Å². The van der Waals surface area contributed by atoms with E-state index in [1.54, 1.807) is 25.1 Å². The van der Waals surface area contributed by atoms with Gasteiger partial charge in [-0.25, -0.2) is 0 Å². The first-order valence-electron chi connectivity index (χ1n) is 10.3. The first-order chi connectivity index (χ1) is 15.2. The Morgan fingerprint density at radius 1 is 1.06 bits per heavy atom. The molecular weight excluding hydrogens is 439 g/mol. The zero-order valence-electron chi connectivity index (χ0n) is 17.4. The molecule has 168 valence electrons. The van der Waals surface area contributed by atoms with Gasteiger partial charge >= 0.3 is 6.36 Å². The molecule has 0 aliphatic carbocycles. The second-order valence-corrected chi connectivity index (χ2v) is 8.65. The highest BCUT2D eigenvalue weighted by Gasteiger charge is 2.44. The SMILES string of the molecule is CC(O)CN1CC(Cc2cccc(OC(F)(F)F)c2)(c2cccc(Cl)c2)c2ccccc21. The molecule has 3 aromatic rings. The Kier molecular flexibility index (Phi) is 6.10. The van der Waals surface area contributed by atoms with Crippen molar-refractivity contribution in [2.45, 2.75) is 31.2 Å². The number of halogens is 4. The van der Waals surface area contributed by atoms with Gasteiger partial charge in [0.05, 0.1) is 6.10 Å². The van der Waals surface area contributed by atoms with Crippen LogP contribution in [-0.2, 0) is 11.8 Å². The Morgan fingerprint density at radius 3 is 2.53 bits per heavy atom. The standard InChI is InChI=1S/C25H23ClF3NO2/c1-17(31)15-30-16-24(19-7-5-8-20(26)13-19,22-10-2-3-11-23(22)30)14-18-6-4-9-21(12-18)32-25(27,28)29/h2-13,17,31H,14-16H2,1H3. The minimum Gasteiger partial charge on any atom is -0.406 e. The number of nitrogens with zero attached hydrogens (tertiary/aromatic N) is 1. The number of hydrogen-bond acceptors (Lipinski definition) is 3. The number of alkyl halides is 3. The Balaban J connectivity index is 1.82. The fourth-order valence-electron chi connectivity index (χ4n) is 4.62. The van der Waals surface area contributed by atoms with E-state index in [0.29, 0.717) is 30.1 Å². The maximum Gasteiger partial charge on any atom is 0.573 e. The number of anilines is 1. The van der Waals surface area contributed by atoms with E-state index in [4.69, 9.17) is 11.6 Å². The highest BCUT2D eigenvalue weighted by molar-refractivity contribution is 6.30. The van der Waals surface area contributed by atoms with E-state index < -0.39 is 17.9 Å². The summed E-state index contributed by atoms with van der Waals surface area (Å²) in [6.07, 6.45) is -4.85. The third kappa shape index (κ3) is 4.71. The topological polar surface area (TPSA) is 32.7 Å². The molecule has 0 aromatic heterocycles. The van der Waals surface area contributed by atoms with Gasteiger partial charge in [0.15, 0.2) is 0 Å². The molecule has 0 saturated heterocycles. The van der Waals surface area contributed by atoms with Gasteiger partial charge in [0.2, 0.25) is 0 Å². The zero-order chi connectivity index (χ0) is 22.9. The summed E-state index contributed by atoms with van der Waals surface area (Å²) in [5.74, 6) is -0.247. The number of fused-ring (bicyclic) bond motifs is 1. The van der Waals surface area contributed by atoms with Crippen molar-refractivity contribution in [3.8, 4) is 5.75 Å². The molecule has 2 atom stereocenters. The highest BCUT2D eigenvalue weighted by Crippen LogP contribution is 2.47. The van der Waals surface area contributed by atoms with Gasteiger partial charge in [0.25, 0.3) is 0 Å². The fourth-order valence-corrected chi connectivity index (χ4v) is 4.81. The van der Waals surface area contributed by atoms with Crippen LogP contribution in [0, 0.1) is 0 Å². The second-order valence-electron chi connectivity index (χ2n) is 8.21. The molecule has 0 spiro atoms. The van der Waals surface area contributed by atoms with Gasteiger partial charge in [0.1, 0.15) is 5.75 Å². The normalized spacial score (nSPS) is 19.0. The predicted molar refractivity (Wildman–Crippen MR) is 119 cm³/mol. The summed E-state index contributed by atoms with van der Waals surface area (Å²) in [6.45, 7) is 2.73. The van der Waals surface area contributed by atoms with Crippen molar-refractivity contribution in [3.05, 3.63) is 94.5 Å². The molecule has 0 fully saturated rings. The monoisotopic (exact) mass is 461 g/mol. The quantitative estimate of drug-likeness (QED) is 0.491. The largest absolute Gasteiger partial charge is 0.573 e. The molecule has 0 bridgehead atoms. The van der Waals surface area contributed by atoms with Crippen molar-refractivity contribution >= 4 is 17.3 Å². The van der Waals surface area contributed by atoms with Gasteiger partial charge in [-0.15, -0.1) is 13.2 Å². The third-order valence-electron chi connectivity index (χ3n) is 5.72. The van der Waals surface area contributed by atoms with Gasteiger partial charge in [-0.2, -0.15) is 0 Å². The van der Waals surface area contributed by atoms with E-state index in [2.05, 4.69) is 9.64 Å². The van der Waals surface area contributed by atoms with Crippen LogP contribution in [0.25, 0.3) is 0 Å². The predicted octanol–water partition coefficient (Wildman–Crippen LogP) is 5.97. The lowest BCUT2D eigenvalue weighted by molar-refractivity contribution is -0.274. The zero-order valence-corrected chi connectivity index (χ0v) is 18.2. The summed E-state index contributed by atoms with van der Waals surface area (Å²) < 4.78 is 42.4. The molecule has 7 heteroatoms. The number of β-amino-alcohol motifs (C(OH)–C–C–N with tert-alkyl or cyclic N) is 1. The average molecular weight is 462 g/mol. The summed E-state index contributed by atoms with van der Waals surface area (Å²) in [4.78, 5) is 2.12. The van der Waals surface area contributed by atoms with E-state index in [1.165, 1.54) is 12.1 Å². The molecule has 0 saturated carbocycles. The van der Waals surface area contributed by atoms with Crippen molar-refractivity contribution in [1.82, 2.24) is 0 Å². The van der Waals surface area contributed by atoms with E-state index in [9.17, 15) is 18.3 Å². The molecule has 0 amide bonds. The van der Waals surface area contributed by atoms with Crippen LogP contribution in [0.5, 0.6) is 5.75 Å². The fraction of sp³-hybridized carbons (Fsp3) is 0.280. The van der Waals surface area contributed by atoms with Gasteiger partial charge < -0.3 is 14.7 Å². The maximum absolute atomic E-state index is 12.8. The minimum absolute atomic E-state index is 0.247. The number of rotatable bonds is 6. The number of hydrogen-bond donors (Lipinski definition) is 1. The summed E-state index contributed by atoms with van der Waals surface area (Å²) in [5.41, 5.74) is 3.15. The Hall–Kier alpha value is -2.70. The number of para-hydroxylation sites is 1. The summed E-state index contributed by atoms with van der Waals surface area (Å²) in [7, 11) is 0. The third-order valence-corrected chi connectivity index (χ3v) is 5.96. The van der Waals surface area contributed by atoms with E-state index in [0.717, 1.165) is 16.8 Å². The van der Waals surface area contributed by atoms with Crippen molar-refractivity contribution in [3.63, 3.8) is 0 Å². The molecule has 1 N–H and O–H groups in total. The number of aliphatic hydroxyl groups excluding tert-OH is 1.